The Balaban J connectivity index is 1.72. The van der Waals surface area contributed by atoms with Gasteiger partial charge in [0.15, 0.2) is 11.6 Å². The van der Waals surface area contributed by atoms with Gasteiger partial charge in [-0.3, -0.25) is 0 Å². The highest BCUT2D eigenvalue weighted by Crippen LogP contribution is 2.27. The smallest absolute Gasteiger partial charge is 0.158 e. The lowest BCUT2D eigenvalue weighted by Gasteiger charge is -2.07. The van der Waals surface area contributed by atoms with Crippen LogP contribution in [0.25, 0.3) is 5.69 Å². The van der Waals surface area contributed by atoms with Gasteiger partial charge in [-0.25, -0.2) is 9.67 Å². The van der Waals surface area contributed by atoms with Crippen molar-refractivity contribution in [3.8, 4) is 5.69 Å². The minimum Gasteiger partial charge on any atom is -0.381 e. The standard InChI is InChI=1S/C17H21N3O2/c1-21-11-16-18-17(14-7-8-22-10-14)19-20(16)15-6-5-12-3-2-4-13(12)9-15/h5-6,9,14H,2-4,7-8,10-11H2,1H3/t14-/m0/s1. The van der Waals surface area contributed by atoms with Crippen LogP contribution in [0.3, 0.4) is 0 Å². The highest BCUT2D eigenvalue weighted by atomic mass is 16.5. The molecule has 1 fully saturated rings. The number of nitrogens with zero attached hydrogens (tertiary/aromatic N) is 3. The summed E-state index contributed by atoms with van der Waals surface area (Å²) < 4.78 is 12.7. The topological polar surface area (TPSA) is 49.2 Å². The molecule has 2 heterocycles. The minimum atomic E-state index is 0.311. The lowest BCUT2D eigenvalue weighted by Crippen LogP contribution is -2.05. The van der Waals surface area contributed by atoms with Crippen molar-refractivity contribution in [3.05, 3.63) is 41.0 Å². The second kappa shape index (κ2) is 5.82. The quantitative estimate of drug-likeness (QED) is 0.870. The Morgan fingerprint density at radius 3 is 3.05 bits per heavy atom. The average Bonchev–Trinajstić information content (AvgIpc) is 3.27. The van der Waals surface area contributed by atoms with Gasteiger partial charge >= 0.3 is 0 Å². The first-order valence-corrected chi connectivity index (χ1v) is 8.00. The average molecular weight is 299 g/mol. The molecule has 0 saturated carbocycles. The first-order chi connectivity index (χ1) is 10.8. The summed E-state index contributed by atoms with van der Waals surface area (Å²) >= 11 is 0. The first kappa shape index (κ1) is 13.9. The van der Waals surface area contributed by atoms with E-state index in [1.807, 2.05) is 4.68 Å². The molecule has 1 aromatic heterocycles. The molecule has 0 amide bonds. The zero-order valence-electron chi connectivity index (χ0n) is 12.9. The fourth-order valence-electron chi connectivity index (χ4n) is 3.39. The van der Waals surface area contributed by atoms with E-state index in [-0.39, 0.29) is 0 Å². The number of benzene rings is 1. The third-order valence-corrected chi connectivity index (χ3v) is 4.59. The van der Waals surface area contributed by atoms with E-state index in [1.54, 1.807) is 7.11 Å². The molecule has 2 aliphatic rings. The maximum Gasteiger partial charge on any atom is 0.158 e. The second-order valence-electron chi connectivity index (χ2n) is 6.10. The first-order valence-electron chi connectivity index (χ1n) is 8.00. The zero-order valence-corrected chi connectivity index (χ0v) is 12.9. The molecule has 1 aromatic carbocycles. The molecule has 0 bridgehead atoms. The lowest BCUT2D eigenvalue weighted by molar-refractivity contribution is 0.175. The van der Waals surface area contributed by atoms with E-state index >= 15 is 0 Å². The Labute approximate surface area is 130 Å². The van der Waals surface area contributed by atoms with Crippen LogP contribution in [0.1, 0.15) is 41.5 Å². The molecule has 0 unspecified atom stereocenters. The van der Waals surface area contributed by atoms with Crippen LogP contribution in [0.2, 0.25) is 0 Å². The van der Waals surface area contributed by atoms with Gasteiger partial charge in [-0.2, -0.15) is 5.10 Å². The van der Waals surface area contributed by atoms with Crippen LogP contribution in [-0.4, -0.2) is 35.1 Å². The maximum atomic E-state index is 5.47. The molecule has 0 radical (unpaired) electrons. The number of aromatic nitrogens is 3. The molecule has 1 aliphatic heterocycles. The summed E-state index contributed by atoms with van der Waals surface area (Å²) in [6, 6.07) is 6.63. The van der Waals surface area contributed by atoms with Crippen molar-refractivity contribution in [3.63, 3.8) is 0 Å². The zero-order chi connectivity index (χ0) is 14.9. The van der Waals surface area contributed by atoms with Gasteiger partial charge in [0.2, 0.25) is 0 Å². The van der Waals surface area contributed by atoms with E-state index in [9.17, 15) is 0 Å². The Hall–Kier alpha value is -1.72. The summed E-state index contributed by atoms with van der Waals surface area (Å²) in [5.74, 6) is 2.05. The third kappa shape index (κ3) is 2.44. The molecular weight excluding hydrogens is 278 g/mol. The maximum absolute atomic E-state index is 5.47. The van der Waals surface area contributed by atoms with Crippen molar-refractivity contribution < 1.29 is 9.47 Å². The molecule has 2 aromatic rings. The summed E-state index contributed by atoms with van der Waals surface area (Å²) in [4.78, 5) is 4.70. The Morgan fingerprint density at radius 1 is 1.32 bits per heavy atom. The van der Waals surface area contributed by atoms with Crippen LogP contribution in [0.4, 0.5) is 0 Å². The van der Waals surface area contributed by atoms with Crippen LogP contribution in [0, 0.1) is 0 Å². The monoisotopic (exact) mass is 299 g/mol. The summed E-state index contributed by atoms with van der Waals surface area (Å²) in [7, 11) is 1.69. The highest BCUT2D eigenvalue weighted by molar-refractivity contribution is 5.42. The lowest BCUT2D eigenvalue weighted by atomic mass is 10.1. The van der Waals surface area contributed by atoms with Crippen LogP contribution in [0.15, 0.2) is 18.2 Å². The minimum absolute atomic E-state index is 0.311. The van der Waals surface area contributed by atoms with E-state index in [1.165, 1.54) is 30.4 Å². The number of ether oxygens (including phenoxy) is 2. The number of methoxy groups -OCH3 is 1. The second-order valence-corrected chi connectivity index (χ2v) is 6.10. The molecule has 1 atom stereocenters. The molecule has 1 aliphatic carbocycles. The predicted octanol–water partition coefficient (Wildman–Crippen LogP) is 2.41. The SMILES string of the molecule is COCc1nc([C@H]2CCOC2)nn1-c1ccc2c(c1)CCC2. The van der Waals surface area contributed by atoms with Gasteiger partial charge in [0, 0.05) is 19.6 Å². The molecule has 5 heteroatoms. The van der Waals surface area contributed by atoms with Gasteiger partial charge in [-0.05, 0) is 48.9 Å². The predicted molar refractivity (Wildman–Crippen MR) is 82.3 cm³/mol. The Bertz CT molecular complexity index is 675. The van der Waals surface area contributed by atoms with Gasteiger partial charge in [0.25, 0.3) is 0 Å². The van der Waals surface area contributed by atoms with Gasteiger partial charge in [-0.1, -0.05) is 6.07 Å². The summed E-state index contributed by atoms with van der Waals surface area (Å²) in [6.45, 7) is 2.00. The Kier molecular flexibility index (Phi) is 3.68. The van der Waals surface area contributed by atoms with E-state index in [4.69, 9.17) is 19.6 Å². The number of rotatable bonds is 4. The Morgan fingerprint density at radius 2 is 2.23 bits per heavy atom. The van der Waals surface area contributed by atoms with E-state index in [0.29, 0.717) is 12.5 Å². The van der Waals surface area contributed by atoms with Gasteiger partial charge < -0.3 is 9.47 Å². The van der Waals surface area contributed by atoms with Crippen LogP contribution >= 0.6 is 0 Å². The molecule has 116 valence electrons. The molecule has 5 nitrogen and oxygen atoms in total. The van der Waals surface area contributed by atoms with Crippen molar-refractivity contribution in [2.75, 3.05) is 20.3 Å². The van der Waals surface area contributed by atoms with Gasteiger partial charge in [0.1, 0.15) is 6.61 Å². The van der Waals surface area contributed by atoms with Crippen LogP contribution in [0.5, 0.6) is 0 Å². The summed E-state index contributed by atoms with van der Waals surface area (Å²) in [5.41, 5.74) is 4.01. The molecule has 22 heavy (non-hydrogen) atoms. The largest absolute Gasteiger partial charge is 0.381 e. The number of hydrogen-bond donors (Lipinski definition) is 0. The van der Waals surface area contributed by atoms with Crippen LogP contribution < -0.4 is 0 Å². The van der Waals surface area contributed by atoms with Crippen molar-refractivity contribution >= 4 is 0 Å². The van der Waals surface area contributed by atoms with Crippen molar-refractivity contribution in [2.24, 2.45) is 0 Å². The van der Waals surface area contributed by atoms with E-state index in [0.717, 1.165) is 37.0 Å². The van der Waals surface area contributed by atoms with E-state index in [2.05, 4.69) is 18.2 Å². The number of hydrogen-bond acceptors (Lipinski definition) is 4. The number of aryl methyl sites for hydroxylation is 2. The van der Waals surface area contributed by atoms with Gasteiger partial charge in [-0.15, -0.1) is 0 Å². The molecule has 0 N–H and O–H groups in total. The third-order valence-electron chi connectivity index (χ3n) is 4.59. The van der Waals surface area contributed by atoms with Crippen molar-refractivity contribution in [2.45, 2.75) is 38.2 Å². The molecule has 0 spiro atoms. The summed E-state index contributed by atoms with van der Waals surface area (Å²) in [6.07, 6.45) is 4.62. The van der Waals surface area contributed by atoms with Crippen molar-refractivity contribution in [1.82, 2.24) is 14.8 Å². The molecular formula is C17H21N3O2. The fraction of sp³-hybridized carbons (Fsp3) is 0.529. The van der Waals surface area contributed by atoms with Crippen LogP contribution in [-0.2, 0) is 28.9 Å². The molecule has 1 saturated heterocycles. The normalized spacial score (nSPS) is 20.5. The molecule has 4 rings (SSSR count). The van der Waals surface area contributed by atoms with E-state index < -0.39 is 0 Å². The summed E-state index contributed by atoms with van der Waals surface area (Å²) in [5, 5.41) is 4.75. The van der Waals surface area contributed by atoms with Gasteiger partial charge in [0.05, 0.1) is 12.3 Å². The fourth-order valence-corrected chi connectivity index (χ4v) is 3.39. The van der Waals surface area contributed by atoms with Crippen molar-refractivity contribution in [1.29, 1.82) is 0 Å². The highest BCUT2D eigenvalue weighted by Gasteiger charge is 2.24. The number of fused-ring (bicyclic) bond motifs is 1.